The monoisotopic (exact) mass is 173 g/mol. The Bertz CT molecular complexity index is 193. The number of hydrogen-bond donors (Lipinski definition) is 1. The quantitative estimate of drug-likeness (QED) is 0.301. The van der Waals surface area contributed by atoms with Crippen LogP contribution in [0.25, 0.3) is 0 Å². The fraction of sp³-hybridized carbons (Fsp3) is 0.750. The molecule has 0 rings (SSSR count). The minimum absolute atomic E-state index is 0.430. The van der Waals surface area contributed by atoms with Gasteiger partial charge in [-0.3, -0.25) is 0 Å². The van der Waals surface area contributed by atoms with Gasteiger partial charge in [0.1, 0.15) is 0 Å². The van der Waals surface area contributed by atoms with Crippen molar-refractivity contribution in [2.45, 2.75) is 27.7 Å². The maximum atomic E-state index is 10.4. The van der Waals surface area contributed by atoms with Crippen molar-refractivity contribution >= 4 is 11.8 Å². The molecule has 0 aromatic heterocycles. The summed E-state index contributed by atoms with van der Waals surface area (Å²) in [4.78, 5) is 15.2. The van der Waals surface area contributed by atoms with E-state index >= 15 is 0 Å². The number of amides is 1. The number of hydroxylamine groups is 1. The van der Waals surface area contributed by atoms with Gasteiger partial charge >= 0.3 is 6.09 Å². The van der Waals surface area contributed by atoms with Crippen molar-refractivity contribution in [3.8, 4) is 0 Å². The molecule has 0 aromatic carbocycles. The molecule has 0 fully saturated rings. The van der Waals surface area contributed by atoms with Gasteiger partial charge in [-0.25, -0.2) is 4.79 Å². The largest absolute Gasteiger partial charge is 0.472 e. The van der Waals surface area contributed by atoms with Crippen LogP contribution < -0.4 is 5.73 Å². The van der Waals surface area contributed by atoms with Crippen LogP contribution in [0.4, 0.5) is 4.79 Å². The molecule has 0 aliphatic rings. The highest BCUT2D eigenvalue weighted by Gasteiger charge is 2.14. The van der Waals surface area contributed by atoms with Crippen LogP contribution in [0.15, 0.2) is 0 Å². The molecule has 4 heteroatoms. The van der Waals surface area contributed by atoms with Crippen molar-refractivity contribution in [3.05, 3.63) is 0 Å². The summed E-state index contributed by atoms with van der Waals surface area (Å²) in [6.07, 6.45) is -0.767. The van der Waals surface area contributed by atoms with Crippen LogP contribution in [-0.2, 0) is 4.84 Å². The van der Waals surface area contributed by atoms with Crippen LogP contribution in [0, 0.1) is 5.92 Å². The van der Waals surface area contributed by atoms with Gasteiger partial charge in [0.05, 0.1) is 0 Å². The molecule has 4 nitrogen and oxygen atoms in total. The molecule has 0 spiro atoms. The van der Waals surface area contributed by atoms with Crippen molar-refractivity contribution in [3.63, 3.8) is 0 Å². The Balaban J connectivity index is 4.27. The summed E-state index contributed by atoms with van der Waals surface area (Å²) in [6.45, 7) is 8.49. The van der Waals surface area contributed by atoms with Crippen molar-refractivity contribution < 1.29 is 14.4 Å². The summed E-state index contributed by atoms with van der Waals surface area (Å²) in [5.41, 5.74) is 5.81. The Hall–Kier alpha value is -1.06. The van der Waals surface area contributed by atoms with E-state index in [0.717, 1.165) is 5.71 Å². The molecule has 70 valence electrons. The molecule has 12 heavy (non-hydrogen) atoms. The van der Waals surface area contributed by atoms with E-state index in [1.54, 1.807) is 0 Å². The molecule has 0 heterocycles. The highest BCUT2D eigenvalue weighted by atomic mass is 16.7. The zero-order valence-corrected chi connectivity index (χ0v) is 8.13. The summed E-state index contributed by atoms with van der Waals surface area (Å²) in [5.74, 6) is 0.430. The van der Waals surface area contributed by atoms with Gasteiger partial charge in [0.25, 0.3) is 0 Å². The van der Waals surface area contributed by atoms with Crippen LogP contribution in [0.1, 0.15) is 27.7 Å². The normalized spacial score (nSPS) is 9.75. The van der Waals surface area contributed by atoms with Crippen LogP contribution in [0.3, 0.4) is 0 Å². The number of carbonyl (C=O) groups is 1. The van der Waals surface area contributed by atoms with Gasteiger partial charge < -0.3 is 5.73 Å². The maximum Gasteiger partial charge on any atom is 0.472 e. The molecule has 0 aromatic rings. The maximum absolute atomic E-state index is 10.4. The third kappa shape index (κ3) is 4.71. The lowest BCUT2D eigenvalue weighted by molar-refractivity contribution is -0.762. The van der Waals surface area contributed by atoms with Gasteiger partial charge in [-0.15, -0.1) is 0 Å². The molecule has 0 unspecified atom stereocenters. The van der Waals surface area contributed by atoms with Gasteiger partial charge in [0, 0.05) is 19.8 Å². The van der Waals surface area contributed by atoms with E-state index in [-0.39, 0.29) is 0 Å². The second kappa shape index (κ2) is 4.74. The highest BCUT2D eigenvalue weighted by molar-refractivity contribution is 5.74. The summed E-state index contributed by atoms with van der Waals surface area (Å²) >= 11 is 0. The number of carbonyl (C=O) groups excluding carboxylic acids is 1. The molecule has 0 radical (unpaired) electrons. The minimum Gasteiger partial charge on any atom is -0.330 e. The molecule has 0 saturated carbocycles. The molecule has 1 amide bonds. The third-order valence-electron chi connectivity index (χ3n) is 1.23. The zero-order chi connectivity index (χ0) is 9.72. The van der Waals surface area contributed by atoms with Gasteiger partial charge in [0.2, 0.25) is 0 Å². The van der Waals surface area contributed by atoms with E-state index in [2.05, 4.69) is 0 Å². The number of rotatable bonds is 3. The lowest BCUT2D eigenvalue weighted by Gasteiger charge is -2.02. The Kier molecular flexibility index (Phi) is 4.33. The highest BCUT2D eigenvalue weighted by Crippen LogP contribution is 1.94. The number of hydrogen-bond acceptors (Lipinski definition) is 2. The first kappa shape index (κ1) is 10.9. The van der Waals surface area contributed by atoms with Crippen LogP contribution in [-0.4, -0.2) is 23.1 Å². The van der Waals surface area contributed by atoms with Crippen molar-refractivity contribution in [1.82, 2.24) is 0 Å². The first-order valence-electron chi connectivity index (χ1n) is 3.98. The van der Waals surface area contributed by atoms with E-state index in [9.17, 15) is 4.79 Å². The van der Waals surface area contributed by atoms with Gasteiger partial charge in [0.15, 0.2) is 12.3 Å². The lowest BCUT2D eigenvalue weighted by atomic mass is 10.2. The lowest BCUT2D eigenvalue weighted by Crippen LogP contribution is -2.28. The molecule has 0 bridgehead atoms. The summed E-state index contributed by atoms with van der Waals surface area (Å²) in [5, 5.41) is 0. The average molecular weight is 173 g/mol. The fourth-order valence-corrected chi connectivity index (χ4v) is 0.751. The van der Waals surface area contributed by atoms with Crippen LogP contribution in [0.2, 0.25) is 0 Å². The number of primary amides is 1. The van der Waals surface area contributed by atoms with Crippen molar-refractivity contribution in [2.75, 3.05) is 6.54 Å². The molecule has 0 atom stereocenters. The Morgan fingerprint density at radius 2 is 2.00 bits per heavy atom. The Labute approximate surface area is 73.0 Å². The van der Waals surface area contributed by atoms with E-state index < -0.39 is 6.09 Å². The molecule has 0 saturated heterocycles. The third-order valence-corrected chi connectivity index (χ3v) is 1.23. The zero-order valence-electron chi connectivity index (χ0n) is 8.13. The smallest absolute Gasteiger partial charge is 0.330 e. The first-order valence-corrected chi connectivity index (χ1v) is 3.98. The average Bonchev–Trinajstić information content (AvgIpc) is 1.83. The number of nitrogens with zero attached hydrogens (tertiary/aromatic N) is 1. The second-order valence-electron chi connectivity index (χ2n) is 3.31. The van der Waals surface area contributed by atoms with Crippen LogP contribution >= 0.6 is 0 Å². The Morgan fingerprint density at radius 3 is 2.25 bits per heavy atom. The molecule has 2 N–H and O–H groups in total. The van der Waals surface area contributed by atoms with E-state index in [0.29, 0.717) is 12.5 Å². The first-order chi connectivity index (χ1) is 5.43. The number of nitrogens with two attached hydrogens (primary N) is 1. The summed E-state index contributed by atoms with van der Waals surface area (Å²) in [6, 6.07) is 0. The minimum atomic E-state index is -0.767. The molecular formula is C8H17N2O2+. The SMILES string of the molecule is CC(C)=[N+](CC(C)C)OC(N)=O. The topological polar surface area (TPSA) is 55.3 Å². The Morgan fingerprint density at radius 1 is 1.50 bits per heavy atom. The van der Waals surface area contributed by atoms with Gasteiger partial charge in [-0.1, -0.05) is 13.8 Å². The predicted octanol–water partition coefficient (Wildman–Crippen LogP) is 1.15. The van der Waals surface area contributed by atoms with E-state index in [4.69, 9.17) is 10.6 Å². The summed E-state index contributed by atoms with van der Waals surface area (Å²) < 4.78 is 1.51. The molecule has 0 aliphatic carbocycles. The predicted molar refractivity (Wildman–Crippen MR) is 47.0 cm³/mol. The second-order valence-corrected chi connectivity index (χ2v) is 3.31. The van der Waals surface area contributed by atoms with Gasteiger partial charge in [-0.05, 0) is 4.74 Å². The van der Waals surface area contributed by atoms with Crippen molar-refractivity contribution in [2.24, 2.45) is 11.7 Å². The molecular weight excluding hydrogens is 156 g/mol. The molecule has 0 aliphatic heterocycles. The van der Waals surface area contributed by atoms with E-state index in [1.165, 1.54) is 4.74 Å². The fourth-order valence-electron chi connectivity index (χ4n) is 0.751. The van der Waals surface area contributed by atoms with Crippen molar-refractivity contribution in [1.29, 1.82) is 0 Å². The van der Waals surface area contributed by atoms with Gasteiger partial charge in [-0.2, -0.15) is 4.84 Å². The van der Waals surface area contributed by atoms with Crippen LogP contribution in [0.5, 0.6) is 0 Å². The summed E-state index contributed by atoms with van der Waals surface area (Å²) in [7, 11) is 0. The van der Waals surface area contributed by atoms with E-state index in [1.807, 2.05) is 27.7 Å². The standard InChI is InChI=1S/C8H16N2O2/c1-6(2)5-10(7(3)4)12-8(9)11/h6H,5H2,1-4H3,(H-,9,11)/p+1.